The zero-order valence-electron chi connectivity index (χ0n) is 24.3. The Balaban J connectivity index is 1.57. The molecule has 1 atom stereocenters. The number of fused-ring (bicyclic) bond motifs is 2. The predicted molar refractivity (Wildman–Crippen MR) is 161 cm³/mol. The summed E-state index contributed by atoms with van der Waals surface area (Å²) >= 11 is 1.83. The Hall–Kier alpha value is -2.42. The van der Waals surface area contributed by atoms with Gasteiger partial charge in [0.25, 0.3) is 0 Å². The van der Waals surface area contributed by atoms with Crippen molar-refractivity contribution in [1.29, 1.82) is 0 Å². The summed E-state index contributed by atoms with van der Waals surface area (Å²) in [7, 11) is -0.160. The number of pyridine rings is 1. The minimum absolute atomic E-state index is 0.0854. The van der Waals surface area contributed by atoms with Crippen molar-refractivity contribution >= 4 is 36.5 Å². The van der Waals surface area contributed by atoms with Gasteiger partial charge in [-0.05, 0) is 80.9 Å². The zero-order valence-corrected chi connectivity index (χ0v) is 26.1. The summed E-state index contributed by atoms with van der Waals surface area (Å²) in [5.74, 6) is 0.523. The standard InChI is InChI=1S/C31H41NO5SSi/c1-8-36-30(34)24-17-32(20-12-13-20)27-22(28(24)33)15-14-21(29(27)35-5)26-16-23-19(10-9-11-25(23)38-26)18-37-39(6,7)31(2,3)4/h14-17,19-20H,8-13,18H2,1-7H3. The third-order valence-electron chi connectivity index (χ3n) is 8.74. The molecule has 3 aromatic rings. The van der Waals surface area contributed by atoms with E-state index in [1.54, 1.807) is 20.2 Å². The van der Waals surface area contributed by atoms with E-state index >= 15 is 0 Å². The molecule has 1 fully saturated rings. The van der Waals surface area contributed by atoms with Crippen LogP contribution in [-0.2, 0) is 15.6 Å². The smallest absolute Gasteiger partial charge is 0.343 e. The number of thiophene rings is 1. The van der Waals surface area contributed by atoms with Crippen LogP contribution in [0.5, 0.6) is 5.75 Å². The van der Waals surface area contributed by atoms with Gasteiger partial charge in [-0.3, -0.25) is 4.79 Å². The largest absolute Gasteiger partial charge is 0.494 e. The van der Waals surface area contributed by atoms with Crippen molar-refractivity contribution in [1.82, 2.24) is 4.57 Å². The van der Waals surface area contributed by atoms with Crippen LogP contribution in [0.2, 0.25) is 18.1 Å². The third-order valence-corrected chi connectivity index (χ3v) is 14.5. The fourth-order valence-electron chi connectivity index (χ4n) is 5.29. The van der Waals surface area contributed by atoms with Crippen LogP contribution in [0.3, 0.4) is 0 Å². The lowest BCUT2D eigenvalue weighted by molar-refractivity contribution is 0.0524. The topological polar surface area (TPSA) is 66.8 Å². The fourth-order valence-corrected chi connectivity index (χ4v) is 7.66. The number of carbonyl (C=O) groups is 1. The summed E-state index contributed by atoms with van der Waals surface area (Å²) in [6.07, 6.45) is 7.10. The summed E-state index contributed by atoms with van der Waals surface area (Å²) in [5.41, 5.74) is 2.94. The van der Waals surface area contributed by atoms with Crippen LogP contribution in [0.4, 0.5) is 0 Å². The molecular formula is C31H41NO5SSi. The van der Waals surface area contributed by atoms with Crippen molar-refractivity contribution in [3.63, 3.8) is 0 Å². The highest BCUT2D eigenvalue weighted by Gasteiger charge is 2.38. The molecular weight excluding hydrogens is 526 g/mol. The van der Waals surface area contributed by atoms with Crippen molar-refractivity contribution < 1.29 is 18.7 Å². The lowest BCUT2D eigenvalue weighted by atomic mass is 9.88. The molecule has 0 N–H and O–H groups in total. The monoisotopic (exact) mass is 567 g/mol. The first-order chi connectivity index (χ1) is 18.5. The van der Waals surface area contributed by atoms with Crippen LogP contribution in [0.25, 0.3) is 21.3 Å². The van der Waals surface area contributed by atoms with Gasteiger partial charge in [0.05, 0.1) is 24.6 Å². The summed E-state index contributed by atoms with van der Waals surface area (Å²) < 4.78 is 19.9. The lowest BCUT2D eigenvalue weighted by Gasteiger charge is -2.37. The number of carbonyl (C=O) groups excluding carboxylic acids is 1. The highest BCUT2D eigenvalue weighted by molar-refractivity contribution is 7.15. The van der Waals surface area contributed by atoms with Crippen molar-refractivity contribution in [3.05, 3.63) is 50.6 Å². The predicted octanol–water partition coefficient (Wildman–Crippen LogP) is 7.69. The molecule has 39 heavy (non-hydrogen) atoms. The van der Waals surface area contributed by atoms with Gasteiger partial charge in [0.15, 0.2) is 14.1 Å². The number of hydrogen-bond donors (Lipinski definition) is 0. The molecule has 2 heterocycles. The van der Waals surface area contributed by atoms with Gasteiger partial charge in [0, 0.05) is 40.1 Å². The summed E-state index contributed by atoms with van der Waals surface area (Å²) in [6, 6.07) is 6.41. The van der Waals surface area contributed by atoms with Gasteiger partial charge in [-0.25, -0.2) is 4.79 Å². The number of hydrogen-bond acceptors (Lipinski definition) is 6. The Morgan fingerprint density at radius 3 is 2.56 bits per heavy atom. The molecule has 2 aliphatic carbocycles. The number of aromatic nitrogens is 1. The van der Waals surface area contributed by atoms with Crippen molar-refractivity contribution in [2.24, 2.45) is 0 Å². The molecule has 0 spiro atoms. The minimum atomic E-state index is -1.83. The molecule has 0 radical (unpaired) electrons. The molecule has 1 saturated carbocycles. The molecule has 0 saturated heterocycles. The maximum Gasteiger partial charge on any atom is 0.343 e. The molecule has 1 aromatic carbocycles. The van der Waals surface area contributed by atoms with E-state index in [4.69, 9.17) is 13.9 Å². The highest BCUT2D eigenvalue weighted by atomic mass is 32.1. The third kappa shape index (κ3) is 5.23. The van der Waals surface area contributed by atoms with Gasteiger partial charge in [-0.15, -0.1) is 11.3 Å². The van der Waals surface area contributed by atoms with Crippen LogP contribution in [-0.4, -0.2) is 39.2 Å². The highest BCUT2D eigenvalue weighted by Crippen LogP contribution is 2.47. The van der Waals surface area contributed by atoms with Gasteiger partial charge < -0.3 is 18.5 Å². The fraction of sp³-hybridized carbons (Fsp3) is 0.548. The lowest BCUT2D eigenvalue weighted by Crippen LogP contribution is -2.41. The van der Waals surface area contributed by atoms with E-state index in [1.165, 1.54) is 16.9 Å². The Labute approximate surface area is 236 Å². The average Bonchev–Trinajstić information content (AvgIpc) is 3.64. The molecule has 210 valence electrons. The van der Waals surface area contributed by atoms with Gasteiger partial charge in [-0.1, -0.05) is 20.8 Å². The molecule has 1 unspecified atom stereocenters. The van der Waals surface area contributed by atoms with Crippen LogP contribution < -0.4 is 10.2 Å². The molecule has 6 nitrogen and oxygen atoms in total. The molecule has 8 heteroatoms. The van der Waals surface area contributed by atoms with E-state index in [1.807, 2.05) is 23.5 Å². The Morgan fingerprint density at radius 1 is 1.18 bits per heavy atom. The van der Waals surface area contributed by atoms with E-state index in [2.05, 4.69) is 44.5 Å². The van der Waals surface area contributed by atoms with E-state index in [-0.39, 0.29) is 28.7 Å². The molecule has 2 aromatic heterocycles. The number of aryl methyl sites for hydroxylation is 1. The van der Waals surface area contributed by atoms with Gasteiger partial charge >= 0.3 is 5.97 Å². The van der Waals surface area contributed by atoms with Crippen LogP contribution >= 0.6 is 11.3 Å². The number of methoxy groups -OCH3 is 1. The van der Waals surface area contributed by atoms with Crippen LogP contribution in [0.15, 0.2) is 29.2 Å². The van der Waals surface area contributed by atoms with Crippen LogP contribution in [0, 0.1) is 0 Å². The number of esters is 1. The molecule has 5 rings (SSSR count). The van der Waals surface area contributed by atoms with Gasteiger partial charge in [0.1, 0.15) is 5.56 Å². The first-order valence-electron chi connectivity index (χ1n) is 14.2. The maximum atomic E-state index is 13.4. The van der Waals surface area contributed by atoms with Crippen LogP contribution in [0.1, 0.15) is 86.1 Å². The molecule has 0 bridgehead atoms. The second kappa shape index (κ2) is 10.5. The number of benzene rings is 1. The quantitative estimate of drug-likeness (QED) is 0.206. The summed E-state index contributed by atoms with van der Waals surface area (Å²) in [5, 5.41) is 0.683. The van der Waals surface area contributed by atoms with E-state index in [9.17, 15) is 9.59 Å². The minimum Gasteiger partial charge on any atom is -0.494 e. The summed E-state index contributed by atoms with van der Waals surface area (Å²) in [4.78, 5) is 28.6. The average molecular weight is 568 g/mol. The van der Waals surface area contributed by atoms with Crippen molar-refractivity contribution in [2.45, 2.75) is 89.9 Å². The van der Waals surface area contributed by atoms with E-state index in [0.717, 1.165) is 48.2 Å². The molecule has 0 aliphatic heterocycles. The molecule has 0 amide bonds. The normalized spacial score (nSPS) is 17.8. The Bertz CT molecular complexity index is 1460. The number of ether oxygens (including phenoxy) is 2. The number of rotatable bonds is 8. The first kappa shape index (κ1) is 28.1. The zero-order chi connectivity index (χ0) is 28.1. The van der Waals surface area contributed by atoms with Crippen molar-refractivity contribution in [3.8, 4) is 16.2 Å². The van der Waals surface area contributed by atoms with Gasteiger partial charge in [-0.2, -0.15) is 0 Å². The Kier molecular flexibility index (Phi) is 7.59. The first-order valence-corrected chi connectivity index (χ1v) is 17.9. The van der Waals surface area contributed by atoms with Gasteiger partial charge in [0.2, 0.25) is 5.43 Å². The summed E-state index contributed by atoms with van der Waals surface area (Å²) in [6.45, 7) is 14.3. The number of nitrogens with zero attached hydrogens (tertiary/aromatic N) is 1. The van der Waals surface area contributed by atoms with E-state index < -0.39 is 14.3 Å². The Morgan fingerprint density at radius 2 is 1.92 bits per heavy atom. The second-order valence-electron chi connectivity index (χ2n) is 12.4. The molecule has 2 aliphatic rings. The second-order valence-corrected chi connectivity index (χ2v) is 18.4. The van der Waals surface area contributed by atoms with Crippen molar-refractivity contribution in [2.75, 3.05) is 20.3 Å². The SMILES string of the molecule is CCOC(=O)c1cn(C2CC2)c2c(OC)c(-c3cc4c(s3)CCCC4CO[Si](C)(C)C(C)(C)C)ccc2c1=O. The maximum absolute atomic E-state index is 13.4. The van der Waals surface area contributed by atoms with E-state index in [0.29, 0.717) is 17.1 Å².